The number of ether oxygens (including phenoxy) is 2. The van der Waals surface area contributed by atoms with E-state index in [0.29, 0.717) is 0 Å². The Hall–Kier alpha value is -2.26. The lowest BCUT2D eigenvalue weighted by atomic mass is 9.74. The minimum atomic E-state index is 0.247. The molecule has 0 bridgehead atoms. The van der Waals surface area contributed by atoms with Gasteiger partial charge in [-0.25, -0.2) is 0 Å². The summed E-state index contributed by atoms with van der Waals surface area (Å²) in [4.78, 5) is 2.53. The molecule has 0 radical (unpaired) electrons. The van der Waals surface area contributed by atoms with Gasteiger partial charge in [-0.1, -0.05) is 42.5 Å². The molecule has 1 aliphatic heterocycles. The molecule has 1 aliphatic carbocycles. The van der Waals surface area contributed by atoms with E-state index in [1.54, 1.807) is 14.2 Å². The van der Waals surface area contributed by atoms with E-state index in [9.17, 15) is 0 Å². The Morgan fingerprint density at radius 3 is 2.56 bits per heavy atom. The molecule has 0 unspecified atom stereocenters. The second-order valence-corrected chi connectivity index (χ2v) is 7.03. The summed E-state index contributed by atoms with van der Waals surface area (Å²) in [5.74, 6) is 1.75. The molecule has 130 valence electrons. The summed E-state index contributed by atoms with van der Waals surface area (Å²) in [5.41, 5.74) is 4.38. The molecule has 2 aromatic rings. The van der Waals surface area contributed by atoms with Gasteiger partial charge in [-0.15, -0.1) is 0 Å². The third-order valence-electron chi connectivity index (χ3n) is 5.72. The van der Waals surface area contributed by atoms with Crippen LogP contribution in [0.2, 0.25) is 0 Å². The zero-order valence-electron chi connectivity index (χ0n) is 15.0. The molecule has 25 heavy (non-hydrogen) atoms. The van der Waals surface area contributed by atoms with E-state index < -0.39 is 0 Å². The molecular formula is C22H25NO2. The number of fused-ring (bicyclic) bond motifs is 2. The van der Waals surface area contributed by atoms with Crippen molar-refractivity contribution in [2.24, 2.45) is 0 Å². The minimum Gasteiger partial charge on any atom is -0.497 e. The summed E-state index contributed by atoms with van der Waals surface area (Å²) in [5, 5.41) is 0. The molecule has 2 aromatic carbocycles. The molecule has 0 aromatic heterocycles. The number of likely N-dealkylation sites (tertiary alicyclic amines) is 1. The van der Waals surface area contributed by atoms with Crippen LogP contribution in [0.1, 0.15) is 29.5 Å². The quantitative estimate of drug-likeness (QED) is 0.833. The van der Waals surface area contributed by atoms with Gasteiger partial charge in [0.25, 0.3) is 0 Å². The molecule has 1 heterocycles. The van der Waals surface area contributed by atoms with Gasteiger partial charge in [-0.2, -0.15) is 0 Å². The SMILES string of the molecule is COc1ccc(CN2CCC3(C=Cc4ccccc43)CC2)c(OC)c1. The van der Waals surface area contributed by atoms with Gasteiger partial charge in [-0.05, 0) is 43.1 Å². The molecule has 1 spiro atoms. The Balaban J connectivity index is 1.46. The van der Waals surface area contributed by atoms with E-state index >= 15 is 0 Å². The molecule has 0 atom stereocenters. The van der Waals surface area contributed by atoms with Gasteiger partial charge in [0, 0.05) is 23.6 Å². The highest BCUT2D eigenvalue weighted by atomic mass is 16.5. The monoisotopic (exact) mass is 335 g/mol. The summed E-state index contributed by atoms with van der Waals surface area (Å²) in [7, 11) is 3.41. The van der Waals surface area contributed by atoms with Crippen LogP contribution in [0.5, 0.6) is 11.5 Å². The number of allylic oxidation sites excluding steroid dienone is 1. The second-order valence-electron chi connectivity index (χ2n) is 7.03. The highest BCUT2D eigenvalue weighted by Crippen LogP contribution is 2.43. The van der Waals surface area contributed by atoms with E-state index in [2.05, 4.69) is 47.4 Å². The normalized spacial score (nSPS) is 18.3. The van der Waals surface area contributed by atoms with Gasteiger partial charge in [0.05, 0.1) is 14.2 Å². The Labute approximate surface area is 149 Å². The molecule has 0 amide bonds. The van der Waals surface area contributed by atoms with Gasteiger partial charge in [0.1, 0.15) is 11.5 Å². The molecule has 3 nitrogen and oxygen atoms in total. The molecule has 1 fully saturated rings. The van der Waals surface area contributed by atoms with E-state index in [1.807, 2.05) is 12.1 Å². The lowest BCUT2D eigenvalue weighted by Crippen LogP contribution is -2.40. The summed E-state index contributed by atoms with van der Waals surface area (Å²) >= 11 is 0. The smallest absolute Gasteiger partial charge is 0.127 e. The maximum absolute atomic E-state index is 5.55. The highest BCUT2D eigenvalue weighted by molar-refractivity contribution is 5.65. The van der Waals surface area contributed by atoms with Crippen LogP contribution in [0.4, 0.5) is 0 Å². The second kappa shape index (κ2) is 6.57. The van der Waals surface area contributed by atoms with E-state index in [1.165, 1.54) is 29.5 Å². The van der Waals surface area contributed by atoms with Crippen molar-refractivity contribution in [1.29, 1.82) is 0 Å². The van der Waals surface area contributed by atoms with E-state index in [-0.39, 0.29) is 5.41 Å². The number of hydrogen-bond donors (Lipinski definition) is 0. The van der Waals surface area contributed by atoms with Crippen molar-refractivity contribution in [1.82, 2.24) is 4.90 Å². The molecule has 0 N–H and O–H groups in total. The summed E-state index contributed by atoms with van der Waals surface area (Å²) in [6, 6.07) is 14.9. The topological polar surface area (TPSA) is 21.7 Å². The Morgan fingerprint density at radius 1 is 1.00 bits per heavy atom. The Morgan fingerprint density at radius 2 is 1.80 bits per heavy atom. The number of piperidine rings is 1. The molecule has 3 heteroatoms. The van der Waals surface area contributed by atoms with Gasteiger partial charge in [-0.3, -0.25) is 4.90 Å². The van der Waals surface area contributed by atoms with Crippen LogP contribution in [0.15, 0.2) is 48.5 Å². The summed E-state index contributed by atoms with van der Waals surface area (Å²) < 4.78 is 10.8. The zero-order chi connectivity index (χ0) is 17.3. The lowest BCUT2D eigenvalue weighted by Gasteiger charge is -2.39. The zero-order valence-corrected chi connectivity index (χ0v) is 15.0. The van der Waals surface area contributed by atoms with Crippen molar-refractivity contribution >= 4 is 6.08 Å². The average Bonchev–Trinajstić information content (AvgIpc) is 3.03. The first-order valence-electron chi connectivity index (χ1n) is 8.96. The number of hydrogen-bond acceptors (Lipinski definition) is 3. The van der Waals surface area contributed by atoms with Crippen molar-refractivity contribution in [3.05, 3.63) is 65.2 Å². The van der Waals surface area contributed by atoms with Crippen LogP contribution < -0.4 is 9.47 Å². The van der Waals surface area contributed by atoms with Gasteiger partial charge < -0.3 is 9.47 Å². The third kappa shape index (κ3) is 2.93. The lowest BCUT2D eigenvalue weighted by molar-refractivity contribution is 0.175. The van der Waals surface area contributed by atoms with E-state index in [0.717, 1.165) is 31.1 Å². The first-order chi connectivity index (χ1) is 12.2. The fourth-order valence-electron chi connectivity index (χ4n) is 4.20. The van der Waals surface area contributed by atoms with Crippen LogP contribution in [0, 0.1) is 0 Å². The van der Waals surface area contributed by atoms with Gasteiger partial charge >= 0.3 is 0 Å². The Kier molecular flexibility index (Phi) is 4.26. The number of rotatable bonds is 4. The highest BCUT2D eigenvalue weighted by Gasteiger charge is 2.37. The van der Waals surface area contributed by atoms with Crippen molar-refractivity contribution in [2.75, 3.05) is 27.3 Å². The van der Waals surface area contributed by atoms with Crippen LogP contribution in [0.3, 0.4) is 0 Å². The summed E-state index contributed by atoms with van der Waals surface area (Å²) in [6.45, 7) is 3.14. The predicted octanol–water partition coefficient (Wildman–Crippen LogP) is 4.26. The standard InChI is InChI=1S/C22H25NO2/c1-24-19-8-7-18(21(15-19)25-2)16-23-13-11-22(12-14-23)10-9-17-5-3-4-6-20(17)22/h3-10,15H,11-14,16H2,1-2H3. The molecular weight excluding hydrogens is 310 g/mol. The molecule has 2 aliphatic rings. The van der Waals surface area contributed by atoms with Crippen molar-refractivity contribution in [3.8, 4) is 11.5 Å². The number of benzene rings is 2. The number of methoxy groups -OCH3 is 2. The maximum atomic E-state index is 5.55. The Bertz CT molecular complexity index is 788. The van der Waals surface area contributed by atoms with Crippen LogP contribution in [0.25, 0.3) is 6.08 Å². The van der Waals surface area contributed by atoms with Gasteiger partial charge in [0.2, 0.25) is 0 Å². The minimum absolute atomic E-state index is 0.247. The van der Waals surface area contributed by atoms with Crippen molar-refractivity contribution in [3.63, 3.8) is 0 Å². The molecule has 1 saturated heterocycles. The average molecular weight is 335 g/mol. The van der Waals surface area contributed by atoms with Gasteiger partial charge in [0.15, 0.2) is 0 Å². The predicted molar refractivity (Wildman–Crippen MR) is 101 cm³/mol. The van der Waals surface area contributed by atoms with Crippen LogP contribution in [-0.4, -0.2) is 32.2 Å². The van der Waals surface area contributed by atoms with Crippen molar-refractivity contribution < 1.29 is 9.47 Å². The fourth-order valence-corrected chi connectivity index (χ4v) is 4.20. The van der Waals surface area contributed by atoms with Crippen molar-refractivity contribution in [2.45, 2.75) is 24.8 Å². The first kappa shape index (κ1) is 16.2. The van der Waals surface area contributed by atoms with Crippen LogP contribution in [-0.2, 0) is 12.0 Å². The number of nitrogens with zero attached hydrogens (tertiary/aromatic N) is 1. The molecule has 0 saturated carbocycles. The van der Waals surface area contributed by atoms with Crippen LogP contribution >= 0.6 is 0 Å². The van der Waals surface area contributed by atoms with E-state index in [4.69, 9.17) is 9.47 Å². The maximum Gasteiger partial charge on any atom is 0.127 e. The summed E-state index contributed by atoms with van der Waals surface area (Å²) in [6.07, 6.45) is 7.10. The first-order valence-corrected chi connectivity index (χ1v) is 8.96. The largest absolute Gasteiger partial charge is 0.497 e. The third-order valence-corrected chi connectivity index (χ3v) is 5.72. The molecule has 4 rings (SSSR count). The fraction of sp³-hybridized carbons (Fsp3) is 0.364.